The average molecular weight is 332 g/mol. The Bertz CT molecular complexity index is 442. The van der Waals surface area contributed by atoms with Gasteiger partial charge in [-0.05, 0) is 59.3 Å². The first kappa shape index (κ1) is 14.9. The standard InChI is InChI=1S/C15H20BrF2N/c1-9-3-5-10(6-4-9)15(19-2)11-7-8-12(17)14(18)13(11)16/h7-10,15,19H,3-6H2,1-2H3. The van der Waals surface area contributed by atoms with Crippen LogP contribution in [-0.4, -0.2) is 7.05 Å². The van der Waals surface area contributed by atoms with Crippen LogP contribution in [0.1, 0.15) is 44.2 Å². The van der Waals surface area contributed by atoms with Crippen LogP contribution in [0.15, 0.2) is 16.6 Å². The monoisotopic (exact) mass is 331 g/mol. The molecule has 0 saturated heterocycles. The molecule has 0 aromatic heterocycles. The fourth-order valence-electron chi connectivity index (χ4n) is 3.05. The molecule has 1 N–H and O–H groups in total. The van der Waals surface area contributed by atoms with E-state index >= 15 is 0 Å². The number of rotatable bonds is 3. The van der Waals surface area contributed by atoms with Crippen LogP contribution in [0.4, 0.5) is 8.78 Å². The molecule has 1 nitrogen and oxygen atoms in total. The third-order valence-corrected chi connectivity index (χ3v) is 5.05. The van der Waals surface area contributed by atoms with Crippen LogP contribution in [-0.2, 0) is 0 Å². The molecule has 1 unspecified atom stereocenters. The predicted molar refractivity (Wildman–Crippen MR) is 77.0 cm³/mol. The molecule has 1 aliphatic rings. The van der Waals surface area contributed by atoms with Crippen molar-refractivity contribution in [3.63, 3.8) is 0 Å². The summed E-state index contributed by atoms with van der Waals surface area (Å²) < 4.78 is 27.1. The molecule has 1 aliphatic carbocycles. The van der Waals surface area contributed by atoms with E-state index in [1.54, 1.807) is 6.07 Å². The first-order valence-corrected chi connectivity index (χ1v) is 7.64. The van der Waals surface area contributed by atoms with Gasteiger partial charge in [0.25, 0.3) is 0 Å². The summed E-state index contributed by atoms with van der Waals surface area (Å²) in [7, 11) is 1.89. The minimum absolute atomic E-state index is 0.0805. The second kappa shape index (κ2) is 6.31. The van der Waals surface area contributed by atoms with Crippen LogP contribution in [0.3, 0.4) is 0 Å². The first-order valence-electron chi connectivity index (χ1n) is 6.85. The Labute approximate surface area is 121 Å². The summed E-state index contributed by atoms with van der Waals surface area (Å²) in [6.07, 6.45) is 4.70. The van der Waals surface area contributed by atoms with Crippen molar-refractivity contribution < 1.29 is 8.78 Å². The summed E-state index contributed by atoms with van der Waals surface area (Å²) in [4.78, 5) is 0. The van der Waals surface area contributed by atoms with Crippen molar-refractivity contribution in [3.8, 4) is 0 Å². The molecule has 106 valence electrons. The lowest BCUT2D eigenvalue weighted by molar-refractivity contribution is 0.237. The van der Waals surface area contributed by atoms with Crippen LogP contribution < -0.4 is 5.32 Å². The number of hydrogen-bond acceptors (Lipinski definition) is 1. The largest absolute Gasteiger partial charge is 0.313 e. The molecule has 0 aliphatic heterocycles. The Balaban J connectivity index is 2.25. The number of nitrogens with one attached hydrogen (secondary N) is 1. The lowest BCUT2D eigenvalue weighted by atomic mass is 9.77. The van der Waals surface area contributed by atoms with Crippen LogP contribution in [0.2, 0.25) is 0 Å². The van der Waals surface area contributed by atoms with Gasteiger partial charge in [0.15, 0.2) is 11.6 Å². The van der Waals surface area contributed by atoms with E-state index in [4.69, 9.17) is 0 Å². The van der Waals surface area contributed by atoms with Crippen LogP contribution >= 0.6 is 15.9 Å². The van der Waals surface area contributed by atoms with Gasteiger partial charge in [-0.25, -0.2) is 8.78 Å². The molecule has 0 amide bonds. The Morgan fingerprint density at radius 3 is 2.42 bits per heavy atom. The van der Waals surface area contributed by atoms with Crippen molar-refractivity contribution in [1.82, 2.24) is 5.32 Å². The summed E-state index contributed by atoms with van der Waals surface area (Å²) >= 11 is 3.20. The zero-order chi connectivity index (χ0) is 14.0. The molecule has 1 fully saturated rings. The molecule has 4 heteroatoms. The Morgan fingerprint density at radius 2 is 1.84 bits per heavy atom. The van der Waals surface area contributed by atoms with Crippen molar-refractivity contribution in [1.29, 1.82) is 0 Å². The van der Waals surface area contributed by atoms with Crippen molar-refractivity contribution in [2.45, 2.75) is 38.6 Å². The highest BCUT2D eigenvalue weighted by molar-refractivity contribution is 9.10. The van der Waals surface area contributed by atoms with Crippen molar-refractivity contribution >= 4 is 15.9 Å². The zero-order valence-corrected chi connectivity index (χ0v) is 12.9. The van der Waals surface area contributed by atoms with Crippen LogP contribution in [0, 0.1) is 23.5 Å². The minimum atomic E-state index is -0.803. The van der Waals surface area contributed by atoms with Gasteiger partial charge in [-0.3, -0.25) is 0 Å². The van der Waals surface area contributed by atoms with E-state index < -0.39 is 11.6 Å². The van der Waals surface area contributed by atoms with Gasteiger partial charge in [0.05, 0.1) is 4.47 Å². The molecule has 0 radical (unpaired) electrons. The van der Waals surface area contributed by atoms with E-state index in [1.807, 2.05) is 7.05 Å². The lowest BCUT2D eigenvalue weighted by Crippen LogP contribution is -2.29. The van der Waals surface area contributed by atoms with Gasteiger partial charge in [0.2, 0.25) is 0 Å². The van der Waals surface area contributed by atoms with Crippen molar-refractivity contribution in [2.75, 3.05) is 7.05 Å². The molecule has 2 rings (SSSR count). The molecule has 0 spiro atoms. The van der Waals surface area contributed by atoms with Gasteiger partial charge in [-0.2, -0.15) is 0 Å². The molecular weight excluding hydrogens is 312 g/mol. The highest BCUT2D eigenvalue weighted by Crippen LogP contribution is 2.39. The molecular formula is C15H20BrF2N. The molecule has 1 saturated carbocycles. The maximum absolute atomic E-state index is 13.7. The van der Waals surface area contributed by atoms with Gasteiger partial charge in [0.1, 0.15) is 0 Å². The van der Waals surface area contributed by atoms with Crippen molar-refractivity contribution in [3.05, 3.63) is 33.8 Å². The van der Waals surface area contributed by atoms with Crippen LogP contribution in [0.25, 0.3) is 0 Å². The summed E-state index contributed by atoms with van der Waals surface area (Å²) in [6.45, 7) is 2.28. The van der Waals surface area contributed by atoms with E-state index in [9.17, 15) is 8.78 Å². The zero-order valence-electron chi connectivity index (χ0n) is 11.3. The van der Waals surface area contributed by atoms with E-state index in [-0.39, 0.29) is 10.5 Å². The fraction of sp³-hybridized carbons (Fsp3) is 0.600. The molecule has 0 bridgehead atoms. The molecule has 1 atom stereocenters. The maximum atomic E-state index is 13.7. The van der Waals surface area contributed by atoms with E-state index in [0.717, 1.165) is 24.3 Å². The van der Waals surface area contributed by atoms with Gasteiger partial charge < -0.3 is 5.32 Å². The van der Waals surface area contributed by atoms with Crippen LogP contribution in [0.5, 0.6) is 0 Å². The minimum Gasteiger partial charge on any atom is -0.313 e. The molecule has 19 heavy (non-hydrogen) atoms. The quantitative estimate of drug-likeness (QED) is 0.783. The Morgan fingerprint density at radius 1 is 1.21 bits per heavy atom. The maximum Gasteiger partial charge on any atom is 0.173 e. The second-order valence-corrected chi connectivity index (χ2v) is 6.34. The van der Waals surface area contributed by atoms with Gasteiger partial charge >= 0.3 is 0 Å². The highest BCUT2D eigenvalue weighted by atomic mass is 79.9. The third-order valence-electron chi connectivity index (χ3n) is 4.24. The average Bonchev–Trinajstić information content (AvgIpc) is 2.41. The summed E-state index contributed by atoms with van der Waals surface area (Å²) in [6, 6.07) is 2.98. The second-order valence-electron chi connectivity index (χ2n) is 5.55. The number of benzene rings is 1. The van der Waals surface area contributed by atoms with E-state index in [1.165, 1.54) is 18.9 Å². The summed E-state index contributed by atoms with van der Waals surface area (Å²) in [5, 5.41) is 3.27. The number of hydrogen-bond donors (Lipinski definition) is 1. The SMILES string of the molecule is CNC(c1ccc(F)c(F)c1Br)C1CCC(C)CC1. The Kier molecular flexibility index (Phi) is 4.96. The van der Waals surface area contributed by atoms with Crippen molar-refractivity contribution in [2.24, 2.45) is 11.8 Å². The third kappa shape index (κ3) is 3.16. The summed E-state index contributed by atoms with van der Waals surface area (Å²) in [5.41, 5.74) is 0.820. The molecule has 0 heterocycles. The fourth-order valence-corrected chi connectivity index (χ4v) is 3.61. The van der Waals surface area contributed by atoms with Gasteiger partial charge in [0, 0.05) is 6.04 Å². The molecule has 1 aromatic rings. The normalized spacial score (nSPS) is 25.3. The summed E-state index contributed by atoms with van der Waals surface area (Å²) in [5.74, 6) is -0.325. The van der Waals surface area contributed by atoms with E-state index in [2.05, 4.69) is 28.2 Å². The topological polar surface area (TPSA) is 12.0 Å². The molecule has 1 aromatic carbocycles. The lowest BCUT2D eigenvalue weighted by Gasteiger charge is -2.33. The van der Waals surface area contributed by atoms with Gasteiger partial charge in [-0.1, -0.05) is 25.8 Å². The first-order chi connectivity index (χ1) is 9.04. The highest BCUT2D eigenvalue weighted by Gasteiger charge is 2.28. The predicted octanol–water partition coefficient (Wildman–Crippen LogP) is 4.81. The van der Waals surface area contributed by atoms with E-state index in [0.29, 0.717) is 5.92 Å². The Hall–Kier alpha value is -0.480. The van der Waals surface area contributed by atoms with Gasteiger partial charge in [-0.15, -0.1) is 0 Å². The smallest absolute Gasteiger partial charge is 0.173 e. The number of halogens is 3.